The Morgan fingerprint density at radius 2 is 1.65 bits per heavy atom. The van der Waals surface area contributed by atoms with Crippen LogP contribution in [0.5, 0.6) is 0 Å². The highest BCUT2D eigenvalue weighted by Gasteiger charge is 2.32. The van der Waals surface area contributed by atoms with E-state index in [0.717, 1.165) is 19.3 Å². The maximum atomic E-state index is 11.9. The normalized spacial score (nSPS) is 15.1. The topological polar surface area (TPSA) is 37.3 Å². The number of rotatable bonds is 11. The van der Waals surface area contributed by atoms with Crippen molar-refractivity contribution in [2.45, 2.75) is 76.1 Å². The molecule has 2 nitrogen and oxygen atoms in total. The molecule has 0 aliphatic carbocycles. The maximum absolute atomic E-state index is 11.9. The van der Waals surface area contributed by atoms with Crippen LogP contribution in [0.2, 0.25) is 0 Å². The van der Waals surface area contributed by atoms with Crippen LogP contribution in [0.4, 0.5) is 13.2 Å². The van der Waals surface area contributed by atoms with Crippen molar-refractivity contribution >= 4 is 17.7 Å². The van der Waals surface area contributed by atoms with Gasteiger partial charge in [-0.05, 0) is 31.9 Å². The summed E-state index contributed by atoms with van der Waals surface area (Å²) in [7, 11) is 0. The first kappa shape index (κ1) is 19.6. The number of unbranched alkanes of at least 4 members (excludes halogenated alkanes) is 4. The summed E-state index contributed by atoms with van der Waals surface area (Å²) in [5, 5.41) is 9.27. The number of carboxylic acids is 1. The van der Waals surface area contributed by atoms with Crippen molar-refractivity contribution in [3.05, 3.63) is 0 Å². The molecule has 20 heavy (non-hydrogen) atoms. The fourth-order valence-electron chi connectivity index (χ4n) is 1.85. The average molecular weight is 314 g/mol. The van der Waals surface area contributed by atoms with Crippen LogP contribution in [0.25, 0.3) is 0 Å². The lowest BCUT2D eigenvalue weighted by atomic mass is 10.0. The van der Waals surface area contributed by atoms with Crippen LogP contribution in [-0.2, 0) is 4.79 Å². The lowest BCUT2D eigenvalue weighted by molar-refractivity contribution is -0.139. The molecule has 0 aromatic heterocycles. The van der Waals surface area contributed by atoms with Gasteiger partial charge in [-0.3, -0.25) is 4.79 Å². The minimum absolute atomic E-state index is 0.129. The molecule has 0 aromatic rings. The SMILES string of the molecule is CCCCCC(C)(SCCCCCC(F)(F)F)C(=O)O. The number of alkyl halides is 3. The first-order valence-electron chi connectivity index (χ1n) is 7.15. The summed E-state index contributed by atoms with van der Waals surface area (Å²) in [6, 6.07) is 0. The van der Waals surface area contributed by atoms with Gasteiger partial charge in [0.05, 0.1) is 0 Å². The molecule has 1 atom stereocenters. The molecular weight excluding hydrogens is 289 g/mol. The molecule has 0 radical (unpaired) electrons. The van der Waals surface area contributed by atoms with Crippen LogP contribution in [0.1, 0.15) is 65.2 Å². The highest BCUT2D eigenvalue weighted by Crippen LogP contribution is 2.32. The number of carboxylic acid groups (broad SMARTS) is 1. The fourth-order valence-corrected chi connectivity index (χ4v) is 3.07. The monoisotopic (exact) mass is 314 g/mol. The molecule has 0 saturated carbocycles. The van der Waals surface area contributed by atoms with Gasteiger partial charge in [0.2, 0.25) is 0 Å². The number of hydrogen-bond donors (Lipinski definition) is 1. The Hall–Kier alpha value is -0.390. The van der Waals surface area contributed by atoms with Crippen molar-refractivity contribution in [2.24, 2.45) is 0 Å². The molecule has 1 N–H and O–H groups in total. The second kappa shape index (κ2) is 9.53. The number of thioether (sulfide) groups is 1. The Morgan fingerprint density at radius 3 is 2.15 bits per heavy atom. The van der Waals surface area contributed by atoms with Gasteiger partial charge in [-0.15, -0.1) is 11.8 Å². The predicted molar refractivity (Wildman–Crippen MR) is 77.2 cm³/mol. The summed E-state index contributed by atoms with van der Waals surface area (Å²) in [4.78, 5) is 11.3. The average Bonchev–Trinajstić information content (AvgIpc) is 2.32. The van der Waals surface area contributed by atoms with Crippen molar-refractivity contribution < 1.29 is 23.1 Å². The third-order valence-electron chi connectivity index (χ3n) is 3.24. The molecule has 0 bridgehead atoms. The Balaban J connectivity index is 3.89. The quantitative estimate of drug-likeness (QED) is 0.528. The zero-order valence-corrected chi connectivity index (χ0v) is 13.1. The van der Waals surface area contributed by atoms with E-state index in [9.17, 15) is 23.1 Å². The van der Waals surface area contributed by atoms with Gasteiger partial charge in [0, 0.05) is 6.42 Å². The Labute approximate surface area is 123 Å². The Morgan fingerprint density at radius 1 is 1.05 bits per heavy atom. The Bertz CT molecular complexity index is 282. The van der Waals surface area contributed by atoms with E-state index < -0.39 is 23.3 Å². The number of carbonyl (C=O) groups is 1. The van der Waals surface area contributed by atoms with Gasteiger partial charge < -0.3 is 5.11 Å². The summed E-state index contributed by atoms with van der Waals surface area (Å²) in [6.45, 7) is 3.78. The third-order valence-corrected chi connectivity index (χ3v) is 4.74. The van der Waals surface area contributed by atoms with Crippen molar-refractivity contribution in [1.29, 1.82) is 0 Å². The van der Waals surface area contributed by atoms with E-state index >= 15 is 0 Å². The summed E-state index contributed by atoms with van der Waals surface area (Å²) in [5.74, 6) is -0.221. The minimum atomic E-state index is -4.08. The van der Waals surface area contributed by atoms with E-state index in [-0.39, 0.29) is 6.42 Å². The summed E-state index contributed by atoms with van der Waals surface area (Å²) in [6.07, 6.45) is -0.0257. The molecule has 0 aromatic carbocycles. The smallest absolute Gasteiger partial charge is 0.389 e. The second-order valence-electron chi connectivity index (χ2n) is 5.27. The fraction of sp³-hybridized carbons (Fsp3) is 0.929. The van der Waals surface area contributed by atoms with E-state index in [0.29, 0.717) is 25.0 Å². The summed E-state index contributed by atoms with van der Waals surface area (Å²) in [5.41, 5.74) is 0. The lowest BCUT2D eigenvalue weighted by Gasteiger charge is -2.24. The van der Waals surface area contributed by atoms with E-state index in [1.54, 1.807) is 6.92 Å². The van der Waals surface area contributed by atoms with Gasteiger partial charge >= 0.3 is 12.1 Å². The van der Waals surface area contributed by atoms with Crippen LogP contribution in [0.3, 0.4) is 0 Å². The standard InChI is InChI=1S/C14H25F3O2S/c1-3-4-6-9-13(2,12(18)19)20-11-8-5-7-10-14(15,16)17/h3-11H2,1-2H3,(H,18,19). The molecule has 0 aliphatic heterocycles. The van der Waals surface area contributed by atoms with Gasteiger partial charge in [-0.1, -0.05) is 32.6 Å². The highest BCUT2D eigenvalue weighted by atomic mass is 32.2. The number of aliphatic carboxylic acids is 1. The molecule has 0 heterocycles. The molecule has 0 spiro atoms. The Kier molecular flexibility index (Phi) is 9.34. The predicted octanol–water partition coefficient (Wildman–Crippen LogP) is 5.27. The van der Waals surface area contributed by atoms with Gasteiger partial charge in [0.15, 0.2) is 0 Å². The molecule has 0 saturated heterocycles. The van der Waals surface area contributed by atoms with Crippen molar-refractivity contribution in [2.75, 3.05) is 5.75 Å². The third kappa shape index (κ3) is 9.50. The zero-order chi connectivity index (χ0) is 15.6. The van der Waals surface area contributed by atoms with Gasteiger partial charge in [-0.2, -0.15) is 13.2 Å². The molecule has 0 fully saturated rings. The molecule has 1 unspecified atom stereocenters. The van der Waals surface area contributed by atoms with Crippen LogP contribution in [-0.4, -0.2) is 27.8 Å². The highest BCUT2D eigenvalue weighted by molar-refractivity contribution is 8.01. The van der Waals surface area contributed by atoms with Crippen LogP contribution < -0.4 is 0 Å². The van der Waals surface area contributed by atoms with Crippen LogP contribution >= 0.6 is 11.8 Å². The van der Waals surface area contributed by atoms with E-state index in [4.69, 9.17) is 0 Å². The minimum Gasteiger partial charge on any atom is -0.480 e. The summed E-state index contributed by atoms with van der Waals surface area (Å²) >= 11 is 1.36. The van der Waals surface area contributed by atoms with E-state index in [1.807, 2.05) is 0 Å². The zero-order valence-electron chi connectivity index (χ0n) is 12.3. The van der Waals surface area contributed by atoms with Gasteiger partial charge in [0.25, 0.3) is 0 Å². The lowest BCUT2D eigenvalue weighted by Crippen LogP contribution is -2.31. The van der Waals surface area contributed by atoms with Crippen molar-refractivity contribution in [3.63, 3.8) is 0 Å². The second-order valence-corrected chi connectivity index (χ2v) is 6.87. The van der Waals surface area contributed by atoms with Gasteiger partial charge in [0.1, 0.15) is 4.75 Å². The van der Waals surface area contributed by atoms with Crippen molar-refractivity contribution in [3.8, 4) is 0 Å². The molecular formula is C14H25F3O2S. The van der Waals surface area contributed by atoms with Crippen molar-refractivity contribution in [1.82, 2.24) is 0 Å². The molecule has 120 valence electrons. The molecule has 6 heteroatoms. The van der Waals surface area contributed by atoms with Crippen LogP contribution in [0.15, 0.2) is 0 Å². The summed E-state index contributed by atoms with van der Waals surface area (Å²) < 4.78 is 35.0. The van der Waals surface area contributed by atoms with Crippen LogP contribution in [0, 0.1) is 0 Å². The first-order chi connectivity index (χ1) is 9.21. The van der Waals surface area contributed by atoms with E-state index in [2.05, 4.69) is 6.92 Å². The molecule has 0 rings (SSSR count). The van der Waals surface area contributed by atoms with E-state index in [1.165, 1.54) is 11.8 Å². The first-order valence-corrected chi connectivity index (χ1v) is 8.14. The molecule has 0 aliphatic rings. The number of halogens is 3. The largest absolute Gasteiger partial charge is 0.480 e. The molecule has 0 amide bonds. The maximum Gasteiger partial charge on any atom is 0.389 e. The number of hydrogen-bond acceptors (Lipinski definition) is 2. The van der Waals surface area contributed by atoms with Gasteiger partial charge in [-0.25, -0.2) is 0 Å².